The Hall–Kier alpha value is -0.0400. The Morgan fingerprint density at radius 3 is 2.22 bits per heavy atom. The molecule has 0 aliphatic heterocycles. The summed E-state index contributed by atoms with van der Waals surface area (Å²) in [5.41, 5.74) is 0. The largest absolute Gasteiger partial charge is 0.291 e. The minimum atomic E-state index is 0.181. The predicted molar refractivity (Wildman–Crippen MR) is 37.3 cm³/mol. The average molecular weight is 146 g/mol. The molecular formula is C7H10ClO. The van der Waals surface area contributed by atoms with Gasteiger partial charge in [-0.15, -0.1) is 11.6 Å². The van der Waals surface area contributed by atoms with E-state index in [-0.39, 0.29) is 5.92 Å². The second-order valence-electron chi connectivity index (χ2n) is 2.57. The zero-order valence-corrected chi connectivity index (χ0v) is 6.03. The third kappa shape index (κ3) is 1.98. The quantitative estimate of drug-likeness (QED) is 0.515. The van der Waals surface area contributed by atoms with Gasteiger partial charge in [-0.3, -0.25) is 4.79 Å². The lowest BCUT2D eigenvalue weighted by Crippen LogP contribution is -2.14. The van der Waals surface area contributed by atoms with E-state index >= 15 is 0 Å². The van der Waals surface area contributed by atoms with Gasteiger partial charge in [-0.1, -0.05) is 0 Å². The standard InChI is InChI=1S/C7H10ClO/c8-7-3-1-6(5-9)2-4-7/h6-7H,1-4H2. The van der Waals surface area contributed by atoms with Crippen LogP contribution in [0.2, 0.25) is 0 Å². The van der Waals surface area contributed by atoms with E-state index in [9.17, 15) is 4.79 Å². The minimum Gasteiger partial charge on any atom is -0.291 e. The first-order chi connectivity index (χ1) is 4.33. The van der Waals surface area contributed by atoms with Crippen LogP contribution in [0, 0.1) is 5.92 Å². The molecule has 1 aliphatic carbocycles. The molecule has 0 aromatic heterocycles. The number of carbonyl (C=O) groups excluding carboxylic acids is 1. The Bertz CT molecular complexity index is 95.1. The van der Waals surface area contributed by atoms with E-state index in [2.05, 4.69) is 0 Å². The fraction of sp³-hybridized carbons (Fsp3) is 0.857. The molecule has 0 bridgehead atoms. The van der Waals surface area contributed by atoms with Gasteiger partial charge in [0.2, 0.25) is 6.29 Å². The summed E-state index contributed by atoms with van der Waals surface area (Å²) in [5, 5.41) is 0.314. The molecule has 9 heavy (non-hydrogen) atoms. The van der Waals surface area contributed by atoms with E-state index < -0.39 is 0 Å². The van der Waals surface area contributed by atoms with Gasteiger partial charge in [0.1, 0.15) is 0 Å². The number of alkyl halides is 1. The van der Waals surface area contributed by atoms with Gasteiger partial charge in [-0.05, 0) is 25.7 Å². The number of halogens is 1. The smallest absolute Gasteiger partial charge is 0.201 e. The van der Waals surface area contributed by atoms with Crippen molar-refractivity contribution in [3.8, 4) is 0 Å². The second kappa shape index (κ2) is 3.21. The highest BCUT2D eigenvalue weighted by molar-refractivity contribution is 6.20. The molecule has 0 atom stereocenters. The molecule has 1 radical (unpaired) electrons. The van der Waals surface area contributed by atoms with Crippen molar-refractivity contribution in [3.05, 3.63) is 0 Å². The molecule has 1 rings (SSSR count). The first-order valence-corrected chi connectivity index (χ1v) is 3.78. The monoisotopic (exact) mass is 145 g/mol. The van der Waals surface area contributed by atoms with Crippen LogP contribution in [-0.2, 0) is 4.79 Å². The van der Waals surface area contributed by atoms with Gasteiger partial charge in [0.25, 0.3) is 0 Å². The summed E-state index contributed by atoms with van der Waals surface area (Å²) in [6, 6.07) is 0. The molecule has 2 heteroatoms. The number of hydrogen-bond donors (Lipinski definition) is 0. The molecule has 0 spiro atoms. The second-order valence-corrected chi connectivity index (χ2v) is 3.18. The topological polar surface area (TPSA) is 17.1 Å². The molecule has 0 aromatic carbocycles. The predicted octanol–water partition coefficient (Wildman–Crippen LogP) is 1.89. The molecule has 0 saturated heterocycles. The maximum atomic E-state index is 10.1. The molecule has 0 unspecified atom stereocenters. The maximum absolute atomic E-state index is 10.1. The summed E-state index contributed by atoms with van der Waals surface area (Å²) in [5.74, 6) is 0.181. The van der Waals surface area contributed by atoms with E-state index in [1.165, 1.54) is 0 Å². The summed E-state index contributed by atoms with van der Waals surface area (Å²) in [7, 11) is 0. The molecule has 1 fully saturated rings. The fourth-order valence-electron chi connectivity index (χ4n) is 1.17. The van der Waals surface area contributed by atoms with Crippen molar-refractivity contribution >= 4 is 17.9 Å². The van der Waals surface area contributed by atoms with Crippen LogP contribution in [0.5, 0.6) is 0 Å². The van der Waals surface area contributed by atoms with Crippen molar-refractivity contribution in [1.82, 2.24) is 0 Å². The maximum Gasteiger partial charge on any atom is 0.201 e. The first kappa shape index (κ1) is 7.07. The number of hydrogen-bond acceptors (Lipinski definition) is 1. The Labute approximate surface area is 60.4 Å². The van der Waals surface area contributed by atoms with E-state index in [1.807, 2.05) is 6.29 Å². The molecule has 1 saturated carbocycles. The lowest BCUT2D eigenvalue weighted by molar-refractivity contribution is 0.419. The van der Waals surface area contributed by atoms with Crippen LogP contribution in [0.4, 0.5) is 0 Å². The third-order valence-electron chi connectivity index (χ3n) is 1.82. The molecule has 1 nitrogen and oxygen atoms in total. The van der Waals surface area contributed by atoms with Crippen LogP contribution >= 0.6 is 11.6 Å². The van der Waals surface area contributed by atoms with Crippen molar-refractivity contribution in [3.63, 3.8) is 0 Å². The van der Waals surface area contributed by atoms with Crippen molar-refractivity contribution in [2.24, 2.45) is 5.92 Å². The third-order valence-corrected chi connectivity index (χ3v) is 2.26. The summed E-state index contributed by atoms with van der Waals surface area (Å²) in [6.07, 6.45) is 5.88. The van der Waals surface area contributed by atoms with E-state index in [0.29, 0.717) is 5.38 Å². The van der Waals surface area contributed by atoms with Gasteiger partial charge in [-0.2, -0.15) is 0 Å². The first-order valence-electron chi connectivity index (χ1n) is 3.34. The van der Waals surface area contributed by atoms with Crippen LogP contribution in [0.1, 0.15) is 25.7 Å². The van der Waals surface area contributed by atoms with Gasteiger partial charge < -0.3 is 0 Å². The average Bonchev–Trinajstić information content (AvgIpc) is 1.90. The normalized spacial score (nSPS) is 36.1. The van der Waals surface area contributed by atoms with E-state index in [4.69, 9.17) is 11.6 Å². The Morgan fingerprint density at radius 1 is 1.22 bits per heavy atom. The van der Waals surface area contributed by atoms with Crippen molar-refractivity contribution < 1.29 is 4.79 Å². The molecule has 0 N–H and O–H groups in total. The summed E-state index contributed by atoms with van der Waals surface area (Å²) in [6.45, 7) is 0. The van der Waals surface area contributed by atoms with Gasteiger partial charge >= 0.3 is 0 Å². The van der Waals surface area contributed by atoms with Crippen LogP contribution in [-0.4, -0.2) is 11.7 Å². The highest BCUT2D eigenvalue weighted by atomic mass is 35.5. The zero-order valence-electron chi connectivity index (χ0n) is 5.27. The highest BCUT2D eigenvalue weighted by Crippen LogP contribution is 2.25. The van der Waals surface area contributed by atoms with Crippen LogP contribution in [0.25, 0.3) is 0 Å². The van der Waals surface area contributed by atoms with Crippen molar-refractivity contribution in [1.29, 1.82) is 0 Å². The number of rotatable bonds is 1. The molecular weight excluding hydrogens is 136 g/mol. The van der Waals surface area contributed by atoms with E-state index in [0.717, 1.165) is 25.7 Å². The molecule has 51 valence electrons. The van der Waals surface area contributed by atoms with Gasteiger partial charge in [0.15, 0.2) is 0 Å². The van der Waals surface area contributed by atoms with Crippen molar-refractivity contribution in [2.75, 3.05) is 0 Å². The van der Waals surface area contributed by atoms with Gasteiger partial charge in [-0.25, -0.2) is 0 Å². The lowest BCUT2D eigenvalue weighted by atomic mass is 9.90. The Balaban J connectivity index is 2.26. The minimum absolute atomic E-state index is 0.181. The molecule has 0 aromatic rings. The van der Waals surface area contributed by atoms with Gasteiger partial charge in [0.05, 0.1) is 0 Å². The summed E-state index contributed by atoms with van der Waals surface area (Å²) in [4.78, 5) is 10.1. The molecule has 1 aliphatic rings. The summed E-state index contributed by atoms with van der Waals surface area (Å²) >= 11 is 5.81. The van der Waals surface area contributed by atoms with Crippen LogP contribution in [0.15, 0.2) is 0 Å². The summed E-state index contributed by atoms with van der Waals surface area (Å²) < 4.78 is 0. The van der Waals surface area contributed by atoms with E-state index in [1.54, 1.807) is 0 Å². The van der Waals surface area contributed by atoms with Crippen molar-refractivity contribution in [2.45, 2.75) is 31.1 Å². The van der Waals surface area contributed by atoms with Crippen LogP contribution in [0.3, 0.4) is 0 Å². The zero-order chi connectivity index (χ0) is 6.69. The highest BCUT2D eigenvalue weighted by Gasteiger charge is 2.18. The Kier molecular flexibility index (Phi) is 2.52. The Morgan fingerprint density at radius 2 is 1.78 bits per heavy atom. The SMILES string of the molecule is O=[C]C1CCC(Cl)CC1. The van der Waals surface area contributed by atoms with Crippen LogP contribution < -0.4 is 0 Å². The molecule has 0 amide bonds. The lowest BCUT2D eigenvalue weighted by Gasteiger charge is -2.19. The fourth-order valence-corrected chi connectivity index (χ4v) is 1.42. The molecule has 0 heterocycles. The van der Waals surface area contributed by atoms with Gasteiger partial charge in [0, 0.05) is 11.3 Å².